The molecule has 0 spiro atoms. The average Bonchev–Trinajstić information content (AvgIpc) is 3.01. The van der Waals surface area contributed by atoms with E-state index >= 15 is 0 Å². The topological polar surface area (TPSA) is 82.5 Å². The normalized spacial score (nSPS) is 30.2. The largest absolute Gasteiger partial charge is 0.622 e. The Morgan fingerprint density at radius 3 is 2.90 bits per heavy atom. The quantitative estimate of drug-likeness (QED) is 0.491. The van der Waals surface area contributed by atoms with Crippen LogP contribution in [0.5, 0.6) is 0 Å². The molecule has 4 heterocycles. The summed E-state index contributed by atoms with van der Waals surface area (Å²) in [6, 6.07) is 7.98. The number of hydrogen-bond acceptors (Lipinski definition) is 5. The molecule has 5 rings (SSSR count). The number of benzene rings is 1. The zero-order valence-electron chi connectivity index (χ0n) is 16.6. The molecule has 1 aromatic heterocycles. The highest BCUT2D eigenvalue weighted by Gasteiger charge is 2.53. The minimum atomic E-state index is -1.64. The van der Waals surface area contributed by atoms with E-state index in [4.69, 9.17) is 9.72 Å². The number of fused-ring (bicyclic) bond motifs is 5. The lowest BCUT2D eigenvalue weighted by atomic mass is 9.76. The van der Waals surface area contributed by atoms with E-state index < -0.39 is 22.1 Å². The maximum atomic E-state index is 13.8. The van der Waals surface area contributed by atoms with Crippen molar-refractivity contribution in [2.45, 2.75) is 45.3 Å². The first-order chi connectivity index (χ1) is 13.9. The summed E-state index contributed by atoms with van der Waals surface area (Å²) in [6.45, 7) is 4.21. The number of carbonyl (C=O) groups excluding carboxylic acids is 1. The number of rotatable bonds is 3. The number of esters is 1. The number of cyclic esters (lactones) is 1. The number of ether oxygens (including phenoxy) is 1. The smallest absolute Gasteiger partial charge is 0.339 e. The summed E-state index contributed by atoms with van der Waals surface area (Å²) in [7, 11) is 0. The van der Waals surface area contributed by atoms with Gasteiger partial charge < -0.3 is 15.1 Å². The number of para-hydroxylation sites is 1. The van der Waals surface area contributed by atoms with Gasteiger partial charge in [-0.05, 0) is 30.5 Å². The second-order valence-electron chi connectivity index (χ2n) is 8.23. The SMILES string of the molecule is CCCc1c2c(nc3ccccc13)C1=CC3C(=C[N+]1([O-])C2)COC(=O)[C@]3(O)CC. The molecular formula is C23H24N2O4. The van der Waals surface area contributed by atoms with E-state index in [1.807, 2.05) is 18.2 Å². The maximum absolute atomic E-state index is 13.8. The Kier molecular flexibility index (Phi) is 3.97. The third-order valence-electron chi connectivity index (χ3n) is 6.53. The molecule has 1 fully saturated rings. The lowest BCUT2D eigenvalue weighted by Gasteiger charge is -2.44. The van der Waals surface area contributed by atoms with E-state index in [1.54, 1.807) is 19.2 Å². The van der Waals surface area contributed by atoms with E-state index in [1.165, 1.54) is 5.56 Å². The van der Waals surface area contributed by atoms with Crippen LogP contribution in [0.25, 0.3) is 16.6 Å². The summed E-state index contributed by atoms with van der Waals surface area (Å²) in [5.41, 5.74) is 3.28. The third kappa shape index (κ3) is 2.46. The van der Waals surface area contributed by atoms with Crippen LogP contribution in [-0.2, 0) is 22.5 Å². The number of hydroxylamine groups is 3. The monoisotopic (exact) mass is 392 g/mol. The zero-order chi connectivity index (χ0) is 20.4. The summed E-state index contributed by atoms with van der Waals surface area (Å²) in [5.74, 6) is -1.18. The number of nitrogens with zero attached hydrogens (tertiary/aromatic N) is 2. The predicted octanol–water partition coefficient (Wildman–Crippen LogP) is 3.57. The van der Waals surface area contributed by atoms with Gasteiger partial charge in [0.05, 0.1) is 11.4 Å². The molecule has 1 saturated heterocycles. The summed E-state index contributed by atoms with van der Waals surface area (Å²) < 4.78 is 4.56. The number of carbonyl (C=O) groups is 1. The van der Waals surface area contributed by atoms with E-state index in [-0.39, 0.29) is 19.6 Å². The molecule has 0 saturated carbocycles. The molecule has 6 nitrogen and oxygen atoms in total. The molecule has 150 valence electrons. The summed E-state index contributed by atoms with van der Waals surface area (Å²) in [6.07, 6.45) is 5.46. The standard InChI is InChI=1S/C23H24N2O4/c1-3-7-15-16-8-5-6-9-19(16)24-21-17(15)12-25(28)11-14-13-29-22(26)23(27,4-2)18(14)10-20(21)25/h5-6,8-11,18,27H,3-4,7,12-13H2,1-2H3/t18?,23-,25?/m0/s1. The lowest BCUT2D eigenvalue weighted by molar-refractivity contribution is -0.764. The Labute approximate surface area is 169 Å². The van der Waals surface area contributed by atoms with Crippen molar-refractivity contribution >= 4 is 22.6 Å². The van der Waals surface area contributed by atoms with Crippen LogP contribution in [0.2, 0.25) is 0 Å². The van der Waals surface area contributed by atoms with Gasteiger partial charge in [-0.25, -0.2) is 9.78 Å². The molecule has 0 amide bonds. The molecule has 3 aliphatic rings. The molecular weight excluding hydrogens is 368 g/mol. The Bertz CT molecular complexity index is 1110. The Morgan fingerprint density at radius 2 is 2.14 bits per heavy atom. The van der Waals surface area contributed by atoms with Gasteiger partial charge in [0.15, 0.2) is 11.3 Å². The third-order valence-corrected chi connectivity index (χ3v) is 6.53. The van der Waals surface area contributed by atoms with Crippen molar-refractivity contribution in [2.24, 2.45) is 5.92 Å². The summed E-state index contributed by atoms with van der Waals surface area (Å²) in [4.78, 5) is 17.2. The highest BCUT2D eigenvalue weighted by atomic mass is 16.6. The van der Waals surface area contributed by atoms with E-state index in [0.29, 0.717) is 17.0 Å². The number of quaternary nitrogens is 1. The lowest BCUT2D eigenvalue weighted by Crippen LogP contribution is -2.53. The van der Waals surface area contributed by atoms with Crippen molar-refractivity contribution in [1.29, 1.82) is 0 Å². The summed E-state index contributed by atoms with van der Waals surface area (Å²) >= 11 is 0. The van der Waals surface area contributed by atoms with Gasteiger partial charge in [-0.15, -0.1) is 0 Å². The molecule has 2 aromatic rings. The number of hydrogen-bond donors (Lipinski definition) is 1. The summed E-state index contributed by atoms with van der Waals surface area (Å²) in [5, 5.41) is 26.0. The number of aryl methyl sites for hydroxylation is 1. The first-order valence-electron chi connectivity index (χ1n) is 10.2. The first-order valence-corrected chi connectivity index (χ1v) is 10.2. The Balaban J connectivity index is 1.74. The van der Waals surface area contributed by atoms with Crippen LogP contribution in [-0.4, -0.2) is 32.9 Å². The maximum Gasteiger partial charge on any atom is 0.339 e. The van der Waals surface area contributed by atoms with Crippen LogP contribution in [0, 0.1) is 11.1 Å². The number of aromatic nitrogens is 1. The van der Waals surface area contributed by atoms with Gasteiger partial charge in [-0.3, -0.25) is 4.65 Å². The van der Waals surface area contributed by atoms with Crippen LogP contribution in [0.4, 0.5) is 0 Å². The van der Waals surface area contributed by atoms with Crippen molar-refractivity contribution in [3.63, 3.8) is 0 Å². The van der Waals surface area contributed by atoms with Crippen molar-refractivity contribution in [1.82, 2.24) is 4.98 Å². The van der Waals surface area contributed by atoms with Crippen molar-refractivity contribution < 1.29 is 19.3 Å². The van der Waals surface area contributed by atoms with Crippen molar-refractivity contribution in [2.75, 3.05) is 6.61 Å². The van der Waals surface area contributed by atoms with Gasteiger partial charge in [-0.2, -0.15) is 0 Å². The molecule has 2 unspecified atom stereocenters. The van der Waals surface area contributed by atoms with Crippen molar-refractivity contribution in [3.05, 3.63) is 64.1 Å². The fourth-order valence-corrected chi connectivity index (χ4v) is 5.01. The average molecular weight is 392 g/mol. The zero-order valence-corrected chi connectivity index (χ0v) is 16.6. The van der Waals surface area contributed by atoms with Crippen LogP contribution in [0.15, 0.2) is 42.1 Å². The number of aliphatic hydroxyl groups is 1. The highest BCUT2D eigenvalue weighted by molar-refractivity contribution is 5.88. The molecule has 0 aliphatic carbocycles. The van der Waals surface area contributed by atoms with Gasteiger partial charge in [0.25, 0.3) is 0 Å². The molecule has 6 heteroatoms. The van der Waals surface area contributed by atoms with E-state index in [9.17, 15) is 15.1 Å². The van der Waals surface area contributed by atoms with E-state index in [2.05, 4.69) is 13.0 Å². The fraction of sp³-hybridized carbons (Fsp3) is 0.391. The van der Waals surface area contributed by atoms with E-state index in [0.717, 1.165) is 29.3 Å². The minimum absolute atomic E-state index is 0.0470. The Morgan fingerprint density at radius 1 is 1.34 bits per heavy atom. The first kappa shape index (κ1) is 18.5. The van der Waals surface area contributed by atoms with Gasteiger partial charge in [0.2, 0.25) is 0 Å². The number of pyridine rings is 1. The predicted molar refractivity (Wildman–Crippen MR) is 109 cm³/mol. The van der Waals surface area contributed by atoms with Gasteiger partial charge >= 0.3 is 5.97 Å². The van der Waals surface area contributed by atoms with Crippen LogP contribution < -0.4 is 0 Å². The molecule has 1 N–H and O–H groups in total. The minimum Gasteiger partial charge on any atom is -0.622 e. The van der Waals surface area contributed by atoms with Gasteiger partial charge in [-0.1, -0.05) is 38.5 Å². The molecule has 3 atom stereocenters. The van der Waals surface area contributed by atoms with Gasteiger partial charge in [0, 0.05) is 16.5 Å². The van der Waals surface area contributed by atoms with Gasteiger partial charge in [0.1, 0.15) is 25.0 Å². The fourth-order valence-electron chi connectivity index (χ4n) is 5.01. The highest BCUT2D eigenvalue weighted by Crippen LogP contribution is 2.49. The van der Waals surface area contributed by atoms with Crippen LogP contribution >= 0.6 is 0 Å². The molecule has 0 radical (unpaired) electrons. The molecule has 0 bridgehead atoms. The van der Waals surface area contributed by atoms with Crippen molar-refractivity contribution in [3.8, 4) is 0 Å². The molecule has 3 aliphatic heterocycles. The Hall–Kier alpha value is -2.54. The van der Waals surface area contributed by atoms with Crippen LogP contribution in [0.3, 0.4) is 0 Å². The second kappa shape index (κ2) is 6.23. The van der Waals surface area contributed by atoms with Crippen LogP contribution in [0.1, 0.15) is 43.5 Å². The second-order valence-corrected chi connectivity index (χ2v) is 8.23. The molecule has 1 aromatic carbocycles. The molecule has 29 heavy (non-hydrogen) atoms.